The maximum atomic E-state index is 13.6. The predicted octanol–water partition coefficient (Wildman–Crippen LogP) is 7.51. The lowest BCUT2D eigenvalue weighted by Gasteiger charge is -2.13. The molecule has 0 radical (unpaired) electrons. The van der Waals surface area contributed by atoms with Gasteiger partial charge in [-0.25, -0.2) is 0 Å². The molecule has 5 rings (SSSR count). The van der Waals surface area contributed by atoms with Crippen molar-refractivity contribution in [2.24, 2.45) is 0 Å². The van der Waals surface area contributed by atoms with Crippen LogP contribution in [0.3, 0.4) is 0 Å². The Morgan fingerprint density at radius 3 is 1.96 bits per heavy atom. The molecule has 8 nitrogen and oxygen atoms in total. The molecule has 3 amide bonds. The first-order valence-corrected chi connectivity index (χ1v) is 15.7. The fourth-order valence-electron chi connectivity index (χ4n) is 4.60. The monoisotopic (exact) mass is 643 g/mol. The number of hydrogen-bond acceptors (Lipinski definition) is 6. The van der Waals surface area contributed by atoms with Gasteiger partial charge >= 0.3 is 0 Å². The lowest BCUT2D eigenvalue weighted by Crippen LogP contribution is -2.30. The number of ether oxygens (including phenoxy) is 2. The van der Waals surface area contributed by atoms with Crippen LogP contribution < -0.4 is 25.4 Å². The summed E-state index contributed by atoms with van der Waals surface area (Å²) in [6, 6.07) is 38.7. The van der Waals surface area contributed by atoms with Gasteiger partial charge in [0.05, 0.1) is 20.0 Å². The predicted molar refractivity (Wildman–Crippen MR) is 188 cm³/mol. The van der Waals surface area contributed by atoms with E-state index in [1.54, 1.807) is 81.0 Å². The molecule has 0 saturated carbocycles. The van der Waals surface area contributed by atoms with Gasteiger partial charge in [-0.2, -0.15) is 0 Å². The fraction of sp³-hybridized carbons (Fsp3) is 0.0789. The SMILES string of the molecule is COc1cc(NC(=O)CSc2cccc(NC(=O)/C(=C\c3ccc(-c4ccccc4)cc3)NC(=O)c3ccccc3)c2)cc(OC)c1. The minimum Gasteiger partial charge on any atom is -0.497 e. The van der Waals surface area contributed by atoms with E-state index in [1.165, 1.54) is 11.8 Å². The van der Waals surface area contributed by atoms with E-state index >= 15 is 0 Å². The molecule has 0 aliphatic carbocycles. The highest BCUT2D eigenvalue weighted by Gasteiger charge is 2.16. The number of thioether (sulfide) groups is 1. The average Bonchev–Trinajstić information content (AvgIpc) is 3.11. The van der Waals surface area contributed by atoms with Crippen molar-refractivity contribution in [3.63, 3.8) is 0 Å². The second kappa shape index (κ2) is 16.0. The maximum absolute atomic E-state index is 13.6. The lowest BCUT2D eigenvalue weighted by atomic mass is 10.0. The number of carbonyl (C=O) groups is 3. The van der Waals surface area contributed by atoms with Gasteiger partial charge in [-0.05, 0) is 53.1 Å². The van der Waals surface area contributed by atoms with E-state index in [1.807, 2.05) is 66.7 Å². The molecule has 236 valence electrons. The number of benzene rings is 5. The standard InChI is InChI=1S/C38H33N3O5S/c1-45-32-21-31(22-33(24-32)46-2)39-36(42)25-47-34-15-9-14-30(23-34)40-38(44)35(41-37(43)29-12-7-4-8-13-29)20-26-16-18-28(19-17-26)27-10-5-3-6-11-27/h3-24H,25H2,1-2H3,(H,39,42)(H,40,44)(H,41,43)/b35-20+. The molecule has 0 aliphatic rings. The minimum atomic E-state index is -0.492. The molecule has 47 heavy (non-hydrogen) atoms. The first-order chi connectivity index (χ1) is 22.9. The highest BCUT2D eigenvalue weighted by molar-refractivity contribution is 8.00. The summed E-state index contributed by atoms with van der Waals surface area (Å²) >= 11 is 1.32. The van der Waals surface area contributed by atoms with Crippen LogP contribution in [-0.4, -0.2) is 37.7 Å². The minimum absolute atomic E-state index is 0.0810. The summed E-state index contributed by atoms with van der Waals surface area (Å²) in [6.07, 6.45) is 1.64. The third-order valence-electron chi connectivity index (χ3n) is 6.95. The van der Waals surface area contributed by atoms with Crippen LogP contribution >= 0.6 is 11.8 Å². The number of nitrogens with one attached hydrogen (secondary N) is 3. The Labute approximate surface area is 277 Å². The summed E-state index contributed by atoms with van der Waals surface area (Å²) in [5.41, 5.74) is 4.43. The second-order valence-electron chi connectivity index (χ2n) is 10.3. The summed E-state index contributed by atoms with van der Waals surface area (Å²) in [5, 5.41) is 8.52. The Bertz CT molecular complexity index is 1860. The molecule has 0 fully saturated rings. The molecular weight excluding hydrogens is 611 g/mol. The summed E-state index contributed by atoms with van der Waals surface area (Å²) in [5.74, 6) is 0.146. The Morgan fingerprint density at radius 2 is 1.30 bits per heavy atom. The van der Waals surface area contributed by atoms with Gasteiger partial charge in [-0.15, -0.1) is 11.8 Å². The van der Waals surface area contributed by atoms with Gasteiger partial charge in [0.25, 0.3) is 11.8 Å². The van der Waals surface area contributed by atoms with Gasteiger partial charge in [0.1, 0.15) is 17.2 Å². The molecule has 0 unspecified atom stereocenters. The van der Waals surface area contributed by atoms with Crippen molar-refractivity contribution in [3.05, 3.63) is 144 Å². The van der Waals surface area contributed by atoms with Crippen LogP contribution in [0.4, 0.5) is 11.4 Å². The lowest BCUT2D eigenvalue weighted by molar-refractivity contribution is -0.114. The van der Waals surface area contributed by atoms with Crippen LogP contribution in [0.5, 0.6) is 11.5 Å². The average molecular weight is 644 g/mol. The molecule has 0 aliphatic heterocycles. The van der Waals surface area contributed by atoms with Gasteiger partial charge in [0.2, 0.25) is 5.91 Å². The number of amides is 3. The fourth-order valence-corrected chi connectivity index (χ4v) is 5.35. The molecular formula is C38H33N3O5S. The molecule has 0 saturated heterocycles. The molecule has 5 aromatic carbocycles. The van der Waals surface area contributed by atoms with E-state index < -0.39 is 11.8 Å². The zero-order valence-electron chi connectivity index (χ0n) is 25.9. The third kappa shape index (κ3) is 9.35. The molecule has 5 aromatic rings. The van der Waals surface area contributed by atoms with E-state index in [0.717, 1.165) is 21.6 Å². The van der Waals surface area contributed by atoms with Crippen molar-refractivity contribution < 1.29 is 23.9 Å². The van der Waals surface area contributed by atoms with Crippen molar-refractivity contribution >= 4 is 46.9 Å². The van der Waals surface area contributed by atoms with Crippen LogP contribution in [0.2, 0.25) is 0 Å². The highest BCUT2D eigenvalue weighted by Crippen LogP contribution is 2.27. The quantitative estimate of drug-likeness (QED) is 0.0960. The van der Waals surface area contributed by atoms with Crippen molar-refractivity contribution in [2.45, 2.75) is 4.90 Å². The topological polar surface area (TPSA) is 106 Å². The highest BCUT2D eigenvalue weighted by atomic mass is 32.2. The molecule has 3 N–H and O–H groups in total. The van der Waals surface area contributed by atoms with E-state index in [9.17, 15) is 14.4 Å². The van der Waals surface area contributed by atoms with Crippen molar-refractivity contribution in [2.75, 3.05) is 30.6 Å². The Morgan fingerprint density at radius 1 is 0.660 bits per heavy atom. The number of hydrogen-bond donors (Lipinski definition) is 3. The number of methoxy groups -OCH3 is 2. The van der Waals surface area contributed by atoms with Gasteiger partial charge in [0, 0.05) is 40.0 Å². The summed E-state index contributed by atoms with van der Waals surface area (Å²) in [4.78, 5) is 40.1. The molecule has 9 heteroatoms. The van der Waals surface area contributed by atoms with Crippen LogP contribution in [0.25, 0.3) is 17.2 Å². The van der Waals surface area contributed by atoms with Crippen LogP contribution in [0.1, 0.15) is 15.9 Å². The largest absolute Gasteiger partial charge is 0.497 e. The van der Waals surface area contributed by atoms with Crippen molar-refractivity contribution in [1.82, 2.24) is 5.32 Å². The van der Waals surface area contributed by atoms with Gasteiger partial charge in [0.15, 0.2) is 0 Å². The molecule has 0 bridgehead atoms. The van der Waals surface area contributed by atoms with Crippen molar-refractivity contribution in [3.8, 4) is 22.6 Å². The van der Waals surface area contributed by atoms with Crippen LogP contribution in [-0.2, 0) is 9.59 Å². The third-order valence-corrected chi connectivity index (χ3v) is 7.95. The number of carbonyl (C=O) groups excluding carboxylic acids is 3. The first kappa shape index (κ1) is 32.6. The Balaban J connectivity index is 1.28. The van der Waals surface area contributed by atoms with E-state index in [0.29, 0.717) is 28.4 Å². The molecule has 0 heterocycles. The number of anilines is 2. The summed E-state index contributed by atoms with van der Waals surface area (Å²) < 4.78 is 10.5. The normalized spacial score (nSPS) is 10.9. The van der Waals surface area contributed by atoms with E-state index in [2.05, 4.69) is 16.0 Å². The summed E-state index contributed by atoms with van der Waals surface area (Å²) in [7, 11) is 3.09. The Kier molecular flexibility index (Phi) is 11.1. The van der Waals surface area contributed by atoms with Crippen LogP contribution in [0, 0.1) is 0 Å². The molecule has 0 aromatic heterocycles. The molecule has 0 spiro atoms. The smallest absolute Gasteiger partial charge is 0.272 e. The zero-order valence-corrected chi connectivity index (χ0v) is 26.7. The molecule has 0 atom stereocenters. The van der Waals surface area contributed by atoms with E-state index in [-0.39, 0.29) is 17.4 Å². The van der Waals surface area contributed by atoms with Crippen molar-refractivity contribution in [1.29, 1.82) is 0 Å². The van der Waals surface area contributed by atoms with Crippen LogP contribution in [0.15, 0.2) is 138 Å². The summed E-state index contributed by atoms with van der Waals surface area (Å²) in [6.45, 7) is 0. The first-order valence-electron chi connectivity index (χ1n) is 14.7. The maximum Gasteiger partial charge on any atom is 0.272 e. The van der Waals surface area contributed by atoms with Gasteiger partial charge in [-0.3, -0.25) is 14.4 Å². The second-order valence-corrected chi connectivity index (χ2v) is 11.3. The van der Waals surface area contributed by atoms with Gasteiger partial charge in [-0.1, -0.05) is 78.9 Å². The Hall–Kier alpha value is -5.80. The zero-order chi connectivity index (χ0) is 33.0. The number of rotatable bonds is 12. The van der Waals surface area contributed by atoms with E-state index in [4.69, 9.17) is 9.47 Å². The van der Waals surface area contributed by atoms with Gasteiger partial charge < -0.3 is 25.4 Å².